The Morgan fingerprint density at radius 2 is 2.00 bits per heavy atom. The number of hydrogen-bond donors (Lipinski definition) is 2. The van der Waals surface area contributed by atoms with E-state index < -0.39 is 15.9 Å². The lowest BCUT2D eigenvalue weighted by molar-refractivity contribution is -0.115. The van der Waals surface area contributed by atoms with E-state index in [2.05, 4.69) is 10.0 Å². The number of nitrogens with one attached hydrogen (secondary N) is 2. The van der Waals surface area contributed by atoms with Crippen LogP contribution in [0.15, 0.2) is 24.3 Å². The van der Waals surface area contributed by atoms with E-state index in [1.54, 1.807) is 24.3 Å². The summed E-state index contributed by atoms with van der Waals surface area (Å²) in [7, 11) is -1.89. The number of rotatable bonds is 8. The molecule has 112 valence electrons. The Hall–Kier alpha value is -1.60. The molecule has 2 N–H and O–H groups in total. The molecule has 0 radical (unpaired) electrons. The molecule has 0 unspecified atom stereocenters. The van der Waals surface area contributed by atoms with Crippen LogP contribution >= 0.6 is 0 Å². The second kappa shape index (κ2) is 7.86. The maximum absolute atomic E-state index is 11.7. The van der Waals surface area contributed by atoms with Crippen molar-refractivity contribution in [2.45, 2.75) is 19.8 Å². The fourth-order valence-electron chi connectivity index (χ4n) is 1.52. The van der Waals surface area contributed by atoms with Gasteiger partial charge in [-0.2, -0.15) is 0 Å². The number of carbonyl (C=O) groups excluding carboxylic acids is 1. The van der Waals surface area contributed by atoms with Crippen LogP contribution < -0.4 is 14.8 Å². The normalized spacial score (nSPS) is 11.1. The first-order valence-electron chi connectivity index (χ1n) is 6.38. The lowest BCUT2D eigenvalue weighted by Crippen LogP contribution is -2.34. The maximum Gasteiger partial charge on any atom is 0.239 e. The standard InChI is InChI=1S/C13H20N2O4S/c1-3-4-9-20(17,18)14-10-13(16)15-11-7-5-6-8-12(11)19-2/h5-8,14H,3-4,9-10H2,1-2H3,(H,15,16). The average Bonchev–Trinajstić information content (AvgIpc) is 2.44. The van der Waals surface area contributed by atoms with E-state index >= 15 is 0 Å². The lowest BCUT2D eigenvalue weighted by atomic mass is 10.3. The molecule has 1 aromatic carbocycles. The summed E-state index contributed by atoms with van der Waals surface area (Å²) in [6, 6.07) is 6.93. The highest BCUT2D eigenvalue weighted by molar-refractivity contribution is 7.89. The van der Waals surface area contributed by atoms with Gasteiger partial charge in [-0.15, -0.1) is 0 Å². The Morgan fingerprint density at radius 1 is 1.30 bits per heavy atom. The summed E-state index contributed by atoms with van der Waals surface area (Å²) in [6.45, 7) is 1.62. The maximum atomic E-state index is 11.7. The zero-order valence-electron chi connectivity index (χ0n) is 11.7. The number of ether oxygens (including phenoxy) is 1. The Labute approximate surface area is 119 Å². The van der Waals surface area contributed by atoms with Crippen LogP contribution in [0.25, 0.3) is 0 Å². The largest absolute Gasteiger partial charge is 0.495 e. The van der Waals surface area contributed by atoms with Crippen molar-refractivity contribution in [3.8, 4) is 5.75 Å². The van der Waals surface area contributed by atoms with Gasteiger partial charge in [0.15, 0.2) is 0 Å². The van der Waals surface area contributed by atoms with Crippen LogP contribution in [0.4, 0.5) is 5.69 Å². The van der Waals surface area contributed by atoms with Crippen molar-refractivity contribution in [3.63, 3.8) is 0 Å². The van der Waals surface area contributed by atoms with E-state index in [0.717, 1.165) is 6.42 Å². The van der Waals surface area contributed by atoms with E-state index in [-0.39, 0.29) is 12.3 Å². The van der Waals surface area contributed by atoms with Gasteiger partial charge in [-0.05, 0) is 18.6 Å². The van der Waals surface area contributed by atoms with Crippen LogP contribution in [-0.2, 0) is 14.8 Å². The predicted molar refractivity (Wildman–Crippen MR) is 78.3 cm³/mol. The van der Waals surface area contributed by atoms with E-state index in [1.165, 1.54) is 7.11 Å². The predicted octanol–water partition coefficient (Wildman–Crippen LogP) is 1.35. The molecule has 0 aliphatic carbocycles. The van der Waals surface area contributed by atoms with Gasteiger partial charge in [-0.25, -0.2) is 13.1 Å². The van der Waals surface area contributed by atoms with E-state index in [0.29, 0.717) is 17.9 Å². The van der Waals surface area contributed by atoms with Crippen molar-refractivity contribution in [1.29, 1.82) is 0 Å². The molecule has 7 heteroatoms. The number of amides is 1. The summed E-state index contributed by atoms with van der Waals surface area (Å²) in [6.07, 6.45) is 1.36. The lowest BCUT2D eigenvalue weighted by Gasteiger charge is -2.10. The molecule has 0 aromatic heterocycles. The zero-order chi connectivity index (χ0) is 15.0. The molecule has 0 fully saturated rings. The van der Waals surface area contributed by atoms with Crippen LogP contribution in [-0.4, -0.2) is 33.7 Å². The van der Waals surface area contributed by atoms with Gasteiger partial charge in [0, 0.05) is 0 Å². The number of carbonyl (C=O) groups is 1. The summed E-state index contributed by atoms with van der Waals surface area (Å²) >= 11 is 0. The summed E-state index contributed by atoms with van der Waals surface area (Å²) in [5.74, 6) is 0.120. The van der Waals surface area contributed by atoms with Crippen LogP contribution in [0.1, 0.15) is 19.8 Å². The number of unbranched alkanes of at least 4 members (excludes halogenated alkanes) is 1. The number of benzene rings is 1. The van der Waals surface area contributed by atoms with Crippen molar-refractivity contribution in [3.05, 3.63) is 24.3 Å². The van der Waals surface area contributed by atoms with Crippen LogP contribution in [0.3, 0.4) is 0 Å². The number of para-hydroxylation sites is 2. The SMILES string of the molecule is CCCCS(=O)(=O)NCC(=O)Nc1ccccc1OC. The molecule has 0 heterocycles. The number of methoxy groups -OCH3 is 1. The fourth-order valence-corrected chi connectivity index (χ4v) is 2.69. The molecule has 6 nitrogen and oxygen atoms in total. The fraction of sp³-hybridized carbons (Fsp3) is 0.462. The Balaban J connectivity index is 2.52. The molecule has 1 aromatic rings. The number of sulfonamides is 1. The molecule has 0 bridgehead atoms. The molecule has 0 spiro atoms. The van der Waals surface area contributed by atoms with Crippen molar-refractivity contribution in [2.24, 2.45) is 0 Å². The third-order valence-corrected chi connectivity index (χ3v) is 4.01. The van der Waals surface area contributed by atoms with E-state index in [1.807, 2.05) is 6.92 Å². The minimum absolute atomic E-state index is 0.0332. The second-order valence-electron chi connectivity index (χ2n) is 4.24. The van der Waals surface area contributed by atoms with Gasteiger partial charge in [-0.3, -0.25) is 4.79 Å². The molecule has 0 saturated heterocycles. The topological polar surface area (TPSA) is 84.5 Å². The van der Waals surface area contributed by atoms with E-state index in [4.69, 9.17) is 4.74 Å². The molecule has 20 heavy (non-hydrogen) atoms. The van der Waals surface area contributed by atoms with Crippen LogP contribution in [0.5, 0.6) is 5.75 Å². The molecule has 1 amide bonds. The molecule has 0 saturated carbocycles. The second-order valence-corrected chi connectivity index (χ2v) is 6.17. The average molecular weight is 300 g/mol. The smallest absolute Gasteiger partial charge is 0.239 e. The van der Waals surface area contributed by atoms with Gasteiger partial charge in [0.1, 0.15) is 5.75 Å². The molecule has 1 rings (SSSR count). The van der Waals surface area contributed by atoms with Crippen molar-refractivity contribution in [2.75, 3.05) is 24.7 Å². The van der Waals surface area contributed by atoms with Gasteiger partial charge in [0.05, 0.1) is 25.1 Å². The summed E-state index contributed by atoms with van der Waals surface area (Å²) in [5.41, 5.74) is 0.507. The molecule has 0 aliphatic heterocycles. The highest BCUT2D eigenvalue weighted by Gasteiger charge is 2.12. The third kappa shape index (κ3) is 5.58. The summed E-state index contributed by atoms with van der Waals surface area (Å²) in [5, 5.41) is 2.60. The quantitative estimate of drug-likeness (QED) is 0.759. The molecular formula is C13H20N2O4S. The Bertz CT molecular complexity index is 543. The monoisotopic (exact) mass is 300 g/mol. The van der Waals surface area contributed by atoms with E-state index in [9.17, 15) is 13.2 Å². The van der Waals surface area contributed by atoms with Gasteiger partial charge in [-0.1, -0.05) is 25.5 Å². The molecule has 0 atom stereocenters. The minimum Gasteiger partial charge on any atom is -0.495 e. The van der Waals surface area contributed by atoms with Crippen molar-refractivity contribution in [1.82, 2.24) is 4.72 Å². The van der Waals surface area contributed by atoms with Crippen LogP contribution in [0, 0.1) is 0 Å². The first kappa shape index (κ1) is 16.5. The van der Waals surface area contributed by atoms with Gasteiger partial charge in [0.2, 0.25) is 15.9 Å². The Morgan fingerprint density at radius 3 is 2.65 bits per heavy atom. The van der Waals surface area contributed by atoms with Gasteiger partial charge in [0.25, 0.3) is 0 Å². The molecular weight excluding hydrogens is 280 g/mol. The zero-order valence-corrected chi connectivity index (χ0v) is 12.5. The third-order valence-electron chi connectivity index (χ3n) is 2.60. The molecule has 0 aliphatic rings. The first-order valence-corrected chi connectivity index (χ1v) is 8.04. The number of hydrogen-bond acceptors (Lipinski definition) is 4. The minimum atomic E-state index is -3.39. The highest BCUT2D eigenvalue weighted by Crippen LogP contribution is 2.22. The number of anilines is 1. The first-order chi connectivity index (χ1) is 9.48. The van der Waals surface area contributed by atoms with Gasteiger partial charge < -0.3 is 10.1 Å². The van der Waals surface area contributed by atoms with Crippen molar-refractivity contribution < 1.29 is 17.9 Å². The van der Waals surface area contributed by atoms with Crippen molar-refractivity contribution >= 4 is 21.6 Å². The summed E-state index contributed by atoms with van der Waals surface area (Å²) < 4.78 is 30.5. The Kier molecular flexibility index (Phi) is 6.47. The van der Waals surface area contributed by atoms with Crippen LogP contribution in [0.2, 0.25) is 0 Å². The summed E-state index contributed by atoms with van der Waals surface area (Å²) in [4.78, 5) is 11.7. The van der Waals surface area contributed by atoms with Gasteiger partial charge >= 0.3 is 0 Å². The highest BCUT2D eigenvalue weighted by atomic mass is 32.2.